The molecule has 1 aromatic heterocycles. The van der Waals surface area contributed by atoms with Gasteiger partial charge >= 0.3 is 0 Å². The van der Waals surface area contributed by atoms with E-state index in [-0.39, 0.29) is 12.5 Å². The molecule has 0 N–H and O–H groups in total. The molecule has 152 valence electrons. The number of hydrogen-bond donors (Lipinski definition) is 0. The third-order valence-corrected chi connectivity index (χ3v) is 8.67. The van der Waals surface area contributed by atoms with Gasteiger partial charge in [-0.15, -0.1) is 0 Å². The second kappa shape index (κ2) is 8.17. The van der Waals surface area contributed by atoms with E-state index in [2.05, 4.69) is 19.8 Å². The summed E-state index contributed by atoms with van der Waals surface area (Å²) in [5.41, 5.74) is 0.490. The average molecular weight is 444 g/mol. The molecule has 4 rings (SSSR count). The lowest BCUT2D eigenvalue weighted by Gasteiger charge is -2.35. The van der Waals surface area contributed by atoms with Gasteiger partial charge in [0, 0.05) is 62.2 Å². The predicted octanol–water partition coefficient (Wildman–Crippen LogP) is 1.21. The maximum Gasteiger partial charge on any atom is 0.265 e. The molecule has 1 fully saturated rings. The van der Waals surface area contributed by atoms with Crippen LogP contribution in [0.1, 0.15) is 12.8 Å². The molecule has 8 nitrogen and oxygen atoms in total. The summed E-state index contributed by atoms with van der Waals surface area (Å²) in [4.78, 5) is 25.5. The van der Waals surface area contributed by atoms with Crippen LogP contribution >= 0.6 is 23.4 Å². The van der Waals surface area contributed by atoms with Crippen molar-refractivity contribution in [3.05, 3.63) is 28.0 Å². The molecule has 1 aromatic rings. The van der Waals surface area contributed by atoms with Crippen LogP contribution in [0.2, 0.25) is 5.15 Å². The summed E-state index contributed by atoms with van der Waals surface area (Å²) >= 11 is 7.61. The maximum absolute atomic E-state index is 12.5. The van der Waals surface area contributed by atoms with Gasteiger partial charge in [-0.3, -0.25) is 9.69 Å². The zero-order valence-electron chi connectivity index (χ0n) is 15.4. The third kappa shape index (κ3) is 3.74. The third-order valence-electron chi connectivity index (χ3n) is 5.30. The summed E-state index contributed by atoms with van der Waals surface area (Å²) in [6, 6.07) is 0. The first kappa shape index (κ1) is 19.9. The van der Waals surface area contributed by atoms with Crippen LogP contribution in [-0.4, -0.2) is 84.3 Å². The minimum absolute atomic E-state index is 0.272. The Morgan fingerprint density at radius 2 is 1.75 bits per heavy atom. The van der Waals surface area contributed by atoms with Crippen LogP contribution in [0.25, 0.3) is 0 Å². The Labute approximate surface area is 174 Å². The van der Waals surface area contributed by atoms with E-state index in [0.717, 1.165) is 49.3 Å². The SMILES string of the molecule is O=C1C2=C(CSC2)S(=O)(=O)N1CCCCN1CCN(c2nccnc2Cl)CC1. The molecule has 3 aliphatic rings. The number of unbranched alkanes of at least 4 members (excludes halogenated alkanes) is 1. The monoisotopic (exact) mass is 443 g/mol. The Kier molecular flexibility index (Phi) is 5.82. The number of carbonyl (C=O) groups is 1. The largest absolute Gasteiger partial charge is 0.351 e. The van der Waals surface area contributed by atoms with Crippen molar-refractivity contribution in [2.75, 3.05) is 55.7 Å². The van der Waals surface area contributed by atoms with Gasteiger partial charge in [0.15, 0.2) is 11.0 Å². The van der Waals surface area contributed by atoms with E-state index in [9.17, 15) is 13.2 Å². The Balaban J connectivity index is 1.21. The average Bonchev–Trinajstić information content (AvgIpc) is 3.24. The fraction of sp³-hybridized carbons (Fsp3) is 0.588. The van der Waals surface area contributed by atoms with Crippen molar-refractivity contribution in [3.8, 4) is 0 Å². The van der Waals surface area contributed by atoms with Crippen LogP contribution in [0.3, 0.4) is 0 Å². The van der Waals surface area contributed by atoms with Gasteiger partial charge in [0.1, 0.15) is 0 Å². The second-order valence-corrected chi connectivity index (χ2v) is 10.2. The van der Waals surface area contributed by atoms with Crippen molar-refractivity contribution in [2.45, 2.75) is 12.8 Å². The standard InChI is InChI=1S/C17H22ClN5O3S2/c18-15-16(20-4-3-19-15)22-9-7-21(8-10-22)5-1-2-6-23-17(24)13-11-27-12-14(13)28(23,25)26/h3-4H,1-2,5-12H2. The van der Waals surface area contributed by atoms with Crippen molar-refractivity contribution < 1.29 is 13.2 Å². The number of rotatable bonds is 6. The first-order valence-corrected chi connectivity index (χ1v) is 12.3. The van der Waals surface area contributed by atoms with E-state index in [1.165, 1.54) is 11.8 Å². The van der Waals surface area contributed by atoms with Gasteiger partial charge in [-0.1, -0.05) is 11.6 Å². The number of sulfonamides is 1. The molecule has 0 aromatic carbocycles. The van der Waals surface area contributed by atoms with Crippen LogP contribution < -0.4 is 4.90 Å². The summed E-state index contributed by atoms with van der Waals surface area (Å²) in [7, 11) is -3.56. The van der Waals surface area contributed by atoms with Gasteiger partial charge in [0.25, 0.3) is 15.9 Å². The minimum Gasteiger partial charge on any atom is -0.351 e. The lowest BCUT2D eigenvalue weighted by Crippen LogP contribution is -2.47. The number of hydrogen-bond acceptors (Lipinski definition) is 8. The Morgan fingerprint density at radius 3 is 2.46 bits per heavy atom. The zero-order valence-corrected chi connectivity index (χ0v) is 17.8. The van der Waals surface area contributed by atoms with Gasteiger partial charge in [-0.25, -0.2) is 22.7 Å². The molecule has 0 radical (unpaired) electrons. The van der Waals surface area contributed by atoms with Crippen molar-refractivity contribution in [3.63, 3.8) is 0 Å². The quantitative estimate of drug-likeness (QED) is 0.606. The van der Waals surface area contributed by atoms with Gasteiger partial charge in [0.05, 0.1) is 4.91 Å². The summed E-state index contributed by atoms with van der Waals surface area (Å²) in [5.74, 6) is 1.36. The van der Waals surface area contributed by atoms with Gasteiger partial charge < -0.3 is 4.90 Å². The molecule has 0 atom stereocenters. The normalized spacial score (nSPS) is 22.2. The minimum atomic E-state index is -3.56. The predicted molar refractivity (Wildman–Crippen MR) is 110 cm³/mol. The van der Waals surface area contributed by atoms with E-state index in [4.69, 9.17) is 11.6 Å². The van der Waals surface area contributed by atoms with Gasteiger partial charge in [-0.2, -0.15) is 11.8 Å². The fourth-order valence-corrected chi connectivity index (χ4v) is 7.30. The Bertz CT molecular complexity index is 900. The van der Waals surface area contributed by atoms with Crippen LogP contribution in [0.5, 0.6) is 0 Å². The first-order chi connectivity index (χ1) is 13.5. The second-order valence-electron chi connectivity index (χ2n) is 6.98. The highest BCUT2D eigenvalue weighted by Gasteiger charge is 2.45. The molecule has 0 unspecified atom stereocenters. The van der Waals surface area contributed by atoms with E-state index in [1.807, 2.05) is 0 Å². The molecule has 11 heteroatoms. The number of thioether (sulfide) groups is 1. The van der Waals surface area contributed by atoms with Crippen molar-refractivity contribution >= 4 is 45.1 Å². The molecule has 28 heavy (non-hydrogen) atoms. The zero-order chi connectivity index (χ0) is 19.7. The van der Waals surface area contributed by atoms with E-state index in [0.29, 0.717) is 33.6 Å². The number of aromatic nitrogens is 2. The molecule has 0 saturated carbocycles. The molecule has 0 bridgehead atoms. The van der Waals surface area contributed by atoms with Gasteiger partial charge in [-0.05, 0) is 19.4 Å². The lowest BCUT2D eigenvalue weighted by molar-refractivity contribution is -0.122. The summed E-state index contributed by atoms with van der Waals surface area (Å²) in [6.07, 6.45) is 4.75. The lowest BCUT2D eigenvalue weighted by atomic mass is 10.2. The fourth-order valence-electron chi connectivity index (χ4n) is 3.74. The van der Waals surface area contributed by atoms with Crippen molar-refractivity contribution in [1.82, 2.24) is 19.2 Å². The molecular weight excluding hydrogens is 422 g/mol. The summed E-state index contributed by atoms with van der Waals surface area (Å²) in [6.45, 7) is 4.58. The first-order valence-electron chi connectivity index (χ1n) is 9.29. The number of carbonyl (C=O) groups excluding carboxylic acids is 1. The highest BCUT2D eigenvalue weighted by Crippen LogP contribution is 2.37. The molecule has 0 spiro atoms. The van der Waals surface area contributed by atoms with Crippen LogP contribution in [-0.2, 0) is 14.8 Å². The number of halogens is 1. The molecule has 3 aliphatic heterocycles. The highest BCUT2D eigenvalue weighted by molar-refractivity contribution is 8.03. The molecule has 1 saturated heterocycles. The number of anilines is 1. The highest BCUT2D eigenvalue weighted by atomic mass is 35.5. The Hall–Kier alpha value is -1.36. The molecular formula is C17H22ClN5O3S2. The van der Waals surface area contributed by atoms with Crippen molar-refractivity contribution in [2.24, 2.45) is 0 Å². The topological polar surface area (TPSA) is 86.7 Å². The number of nitrogens with zero attached hydrogens (tertiary/aromatic N) is 5. The van der Waals surface area contributed by atoms with E-state index < -0.39 is 10.0 Å². The van der Waals surface area contributed by atoms with E-state index >= 15 is 0 Å². The van der Waals surface area contributed by atoms with Crippen LogP contribution in [0.4, 0.5) is 5.82 Å². The van der Waals surface area contributed by atoms with Crippen LogP contribution in [0, 0.1) is 0 Å². The van der Waals surface area contributed by atoms with Crippen LogP contribution in [0.15, 0.2) is 22.9 Å². The van der Waals surface area contributed by atoms with Crippen molar-refractivity contribution in [1.29, 1.82) is 0 Å². The molecule has 1 amide bonds. The van der Waals surface area contributed by atoms with E-state index in [1.54, 1.807) is 12.4 Å². The smallest absolute Gasteiger partial charge is 0.265 e. The number of amides is 1. The molecule has 4 heterocycles. The maximum atomic E-state index is 12.5. The Morgan fingerprint density at radius 1 is 1.04 bits per heavy atom. The summed E-state index contributed by atoms with van der Waals surface area (Å²) in [5, 5.41) is 0.423. The molecule has 0 aliphatic carbocycles. The summed E-state index contributed by atoms with van der Waals surface area (Å²) < 4.78 is 26.0. The van der Waals surface area contributed by atoms with Gasteiger partial charge in [0.2, 0.25) is 0 Å². The number of piperazine rings is 1.